The van der Waals surface area contributed by atoms with E-state index in [4.69, 9.17) is 14.2 Å². The second-order valence-corrected chi connectivity index (χ2v) is 6.61. The normalized spacial score (nSPS) is 18.0. The summed E-state index contributed by atoms with van der Waals surface area (Å²) in [5, 5.41) is 3.46. The molecule has 1 aliphatic heterocycles. The quantitative estimate of drug-likeness (QED) is 0.751. The Bertz CT molecular complexity index is 473. The summed E-state index contributed by atoms with van der Waals surface area (Å²) in [4.78, 5) is 0. The first-order valence-corrected chi connectivity index (χ1v) is 8.83. The van der Waals surface area contributed by atoms with Gasteiger partial charge in [0.15, 0.2) is 11.5 Å². The monoisotopic (exact) mass is 371 g/mol. The third-order valence-corrected chi connectivity index (χ3v) is 4.22. The number of nitrogens with one attached hydrogen (secondary N) is 1. The lowest BCUT2D eigenvalue weighted by molar-refractivity contribution is 0.110. The molecule has 1 aromatic rings. The first-order valence-electron chi connectivity index (χ1n) is 8.04. The van der Waals surface area contributed by atoms with Gasteiger partial charge in [-0.1, -0.05) is 15.9 Å². The van der Waals surface area contributed by atoms with Crippen LogP contribution in [0.15, 0.2) is 16.6 Å². The Kier molecular flexibility index (Phi) is 6.99. The molecule has 1 saturated heterocycles. The van der Waals surface area contributed by atoms with Crippen LogP contribution in [-0.4, -0.2) is 32.0 Å². The van der Waals surface area contributed by atoms with Crippen LogP contribution in [0.1, 0.15) is 39.2 Å². The van der Waals surface area contributed by atoms with Gasteiger partial charge in [-0.15, -0.1) is 0 Å². The molecule has 1 heterocycles. The van der Waals surface area contributed by atoms with Crippen LogP contribution in [0.5, 0.6) is 11.5 Å². The molecule has 1 aliphatic rings. The minimum absolute atomic E-state index is 0.120. The largest absolute Gasteiger partial charge is 0.490 e. The number of rotatable bonds is 8. The Morgan fingerprint density at radius 3 is 2.82 bits per heavy atom. The lowest BCUT2D eigenvalue weighted by Gasteiger charge is -2.17. The van der Waals surface area contributed by atoms with Crippen LogP contribution in [0.3, 0.4) is 0 Å². The zero-order valence-corrected chi connectivity index (χ0v) is 15.2. The summed E-state index contributed by atoms with van der Waals surface area (Å²) in [7, 11) is 0. The molecule has 0 aliphatic carbocycles. The van der Waals surface area contributed by atoms with Crippen LogP contribution < -0.4 is 14.8 Å². The van der Waals surface area contributed by atoms with E-state index < -0.39 is 0 Å². The SMILES string of the molecule is CCOc1cc(CNCC2CCCO2)c(Br)cc1OC(C)C. The first-order chi connectivity index (χ1) is 10.6. The van der Waals surface area contributed by atoms with Gasteiger partial charge >= 0.3 is 0 Å². The zero-order chi connectivity index (χ0) is 15.9. The van der Waals surface area contributed by atoms with Crippen molar-refractivity contribution in [2.45, 2.75) is 52.4 Å². The van der Waals surface area contributed by atoms with Crippen molar-refractivity contribution >= 4 is 15.9 Å². The van der Waals surface area contributed by atoms with Crippen LogP contribution in [0.4, 0.5) is 0 Å². The minimum atomic E-state index is 0.120. The summed E-state index contributed by atoms with van der Waals surface area (Å²) in [5.74, 6) is 1.58. The molecule has 5 heteroatoms. The van der Waals surface area contributed by atoms with Gasteiger partial charge in [0, 0.05) is 24.2 Å². The molecule has 1 aromatic carbocycles. The van der Waals surface area contributed by atoms with Gasteiger partial charge in [0.05, 0.1) is 18.8 Å². The Hall–Kier alpha value is -0.780. The van der Waals surface area contributed by atoms with E-state index in [1.165, 1.54) is 6.42 Å². The summed E-state index contributed by atoms with van der Waals surface area (Å²) < 4.78 is 18.2. The maximum Gasteiger partial charge on any atom is 0.162 e. The molecular formula is C17H26BrNO3. The average molecular weight is 372 g/mol. The molecule has 4 nitrogen and oxygen atoms in total. The topological polar surface area (TPSA) is 39.7 Å². The van der Waals surface area contributed by atoms with Crippen LogP contribution in [-0.2, 0) is 11.3 Å². The molecular weight excluding hydrogens is 346 g/mol. The molecule has 0 radical (unpaired) electrons. The van der Waals surface area contributed by atoms with Crippen LogP contribution in [0, 0.1) is 0 Å². The van der Waals surface area contributed by atoms with E-state index in [-0.39, 0.29) is 6.10 Å². The Morgan fingerprint density at radius 1 is 1.36 bits per heavy atom. The smallest absolute Gasteiger partial charge is 0.162 e. The highest BCUT2D eigenvalue weighted by molar-refractivity contribution is 9.10. The number of halogens is 1. The standard InChI is InChI=1S/C17H26BrNO3/c1-4-20-16-8-13(10-19-11-14-6-5-7-21-14)15(18)9-17(16)22-12(2)3/h8-9,12,14,19H,4-7,10-11H2,1-3H3. The third kappa shape index (κ3) is 5.14. The van der Waals surface area contributed by atoms with Crippen molar-refractivity contribution < 1.29 is 14.2 Å². The fourth-order valence-corrected chi connectivity index (χ4v) is 2.96. The lowest BCUT2D eigenvalue weighted by Crippen LogP contribution is -2.26. The second kappa shape index (κ2) is 8.75. The fourth-order valence-electron chi connectivity index (χ4n) is 2.50. The van der Waals surface area contributed by atoms with Crippen LogP contribution >= 0.6 is 15.9 Å². The molecule has 0 spiro atoms. The van der Waals surface area contributed by atoms with E-state index in [0.29, 0.717) is 12.7 Å². The van der Waals surface area contributed by atoms with E-state index in [9.17, 15) is 0 Å². The van der Waals surface area contributed by atoms with Gasteiger partial charge in [0.1, 0.15) is 0 Å². The highest BCUT2D eigenvalue weighted by atomic mass is 79.9. The maximum atomic E-state index is 5.82. The predicted octanol–water partition coefficient (Wildman–Crippen LogP) is 3.90. The second-order valence-electron chi connectivity index (χ2n) is 5.76. The molecule has 1 fully saturated rings. The summed E-state index contributed by atoms with van der Waals surface area (Å²) >= 11 is 3.63. The van der Waals surface area contributed by atoms with Gasteiger partial charge in [-0.05, 0) is 51.3 Å². The summed E-state index contributed by atoms with van der Waals surface area (Å²) in [5.41, 5.74) is 1.16. The Labute approximate surface area is 141 Å². The van der Waals surface area contributed by atoms with E-state index in [0.717, 1.165) is 47.7 Å². The van der Waals surface area contributed by atoms with Crippen molar-refractivity contribution in [3.05, 3.63) is 22.2 Å². The highest BCUT2D eigenvalue weighted by Crippen LogP contribution is 2.34. The highest BCUT2D eigenvalue weighted by Gasteiger charge is 2.16. The van der Waals surface area contributed by atoms with Crippen LogP contribution in [0.25, 0.3) is 0 Å². The van der Waals surface area contributed by atoms with Gasteiger partial charge in [-0.25, -0.2) is 0 Å². The van der Waals surface area contributed by atoms with E-state index in [1.54, 1.807) is 0 Å². The van der Waals surface area contributed by atoms with E-state index >= 15 is 0 Å². The maximum absolute atomic E-state index is 5.82. The van der Waals surface area contributed by atoms with Gasteiger partial charge in [-0.3, -0.25) is 0 Å². The molecule has 22 heavy (non-hydrogen) atoms. The lowest BCUT2D eigenvalue weighted by atomic mass is 10.2. The molecule has 0 aromatic heterocycles. The first kappa shape index (κ1) is 17.6. The predicted molar refractivity (Wildman–Crippen MR) is 91.8 cm³/mol. The Balaban J connectivity index is 2.01. The molecule has 1 unspecified atom stereocenters. The number of benzene rings is 1. The van der Waals surface area contributed by atoms with E-state index in [1.807, 2.05) is 32.9 Å². The zero-order valence-electron chi connectivity index (χ0n) is 13.7. The van der Waals surface area contributed by atoms with Crippen molar-refractivity contribution in [2.24, 2.45) is 0 Å². The fraction of sp³-hybridized carbons (Fsp3) is 0.647. The van der Waals surface area contributed by atoms with Crippen molar-refractivity contribution in [3.63, 3.8) is 0 Å². The van der Waals surface area contributed by atoms with Crippen molar-refractivity contribution in [2.75, 3.05) is 19.8 Å². The summed E-state index contributed by atoms with van der Waals surface area (Å²) in [6, 6.07) is 4.04. The molecule has 1 atom stereocenters. The van der Waals surface area contributed by atoms with Crippen molar-refractivity contribution in [1.29, 1.82) is 0 Å². The number of hydrogen-bond donors (Lipinski definition) is 1. The van der Waals surface area contributed by atoms with Gasteiger partial charge in [-0.2, -0.15) is 0 Å². The van der Waals surface area contributed by atoms with E-state index in [2.05, 4.69) is 21.2 Å². The number of ether oxygens (including phenoxy) is 3. The Morgan fingerprint density at radius 2 is 2.18 bits per heavy atom. The third-order valence-electron chi connectivity index (χ3n) is 3.49. The summed E-state index contributed by atoms with van der Waals surface area (Å²) in [6.45, 7) is 9.20. The van der Waals surface area contributed by atoms with Crippen molar-refractivity contribution in [1.82, 2.24) is 5.32 Å². The minimum Gasteiger partial charge on any atom is -0.490 e. The molecule has 124 valence electrons. The van der Waals surface area contributed by atoms with Gasteiger partial charge in [0.2, 0.25) is 0 Å². The molecule has 0 saturated carbocycles. The molecule has 1 N–H and O–H groups in total. The molecule has 0 amide bonds. The average Bonchev–Trinajstić information content (AvgIpc) is 2.96. The molecule has 0 bridgehead atoms. The molecule has 2 rings (SSSR count). The van der Waals surface area contributed by atoms with Crippen molar-refractivity contribution in [3.8, 4) is 11.5 Å². The van der Waals surface area contributed by atoms with Gasteiger partial charge < -0.3 is 19.5 Å². The van der Waals surface area contributed by atoms with Gasteiger partial charge in [0.25, 0.3) is 0 Å². The number of hydrogen-bond acceptors (Lipinski definition) is 4. The summed E-state index contributed by atoms with van der Waals surface area (Å²) in [6.07, 6.45) is 2.80. The van der Waals surface area contributed by atoms with Crippen LogP contribution in [0.2, 0.25) is 0 Å².